The van der Waals surface area contributed by atoms with Gasteiger partial charge < -0.3 is 4.98 Å². The lowest BCUT2D eigenvalue weighted by Gasteiger charge is -2.29. The van der Waals surface area contributed by atoms with Crippen LogP contribution in [0.4, 0.5) is 8.78 Å². The minimum absolute atomic E-state index is 0.121. The van der Waals surface area contributed by atoms with Gasteiger partial charge in [0.15, 0.2) is 0 Å². The van der Waals surface area contributed by atoms with Gasteiger partial charge in [-0.05, 0) is 18.6 Å². The number of benzene rings is 1. The molecule has 3 rings (SSSR count). The molecule has 134 valence electrons. The molecular formula is C18H20ClF2N3O. The third-order valence-corrected chi connectivity index (χ3v) is 4.79. The first-order valence-corrected chi connectivity index (χ1v) is 8.52. The monoisotopic (exact) mass is 367 g/mol. The predicted molar refractivity (Wildman–Crippen MR) is 92.7 cm³/mol. The fourth-order valence-corrected chi connectivity index (χ4v) is 3.13. The van der Waals surface area contributed by atoms with Crippen molar-refractivity contribution in [3.8, 4) is 0 Å². The van der Waals surface area contributed by atoms with Gasteiger partial charge in [0.05, 0.1) is 10.7 Å². The van der Waals surface area contributed by atoms with Gasteiger partial charge in [-0.15, -0.1) is 0 Å². The first-order valence-electron chi connectivity index (χ1n) is 8.14. The van der Waals surface area contributed by atoms with Crippen molar-refractivity contribution in [3.63, 3.8) is 0 Å². The Kier molecular flexibility index (Phi) is 4.68. The quantitative estimate of drug-likeness (QED) is 0.826. The Morgan fingerprint density at radius 2 is 1.96 bits per heavy atom. The van der Waals surface area contributed by atoms with Gasteiger partial charge in [0, 0.05) is 36.2 Å². The van der Waals surface area contributed by atoms with E-state index in [1.165, 1.54) is 0 Å². The highest BCUT2D eigenvalue weighted by atomic mass is 35.5. The highest BCUT2D eigenvalue weighted by Crippen LogP contribution is 2.26. The van der Waals surface area contributed by atoms with Crippen molar-refractivity contribution in [3.05, 3.63) is 61.8 Å². The van der Waals surface area contributed by atoms with Crippen LogP contribution in [0.25, 0.3) is 0 Å². The van der Waals surface area contributed by atoms with Gasteiger partial charge in [-0.1, -0.05) is 32.4 Å². The summed E-state index contributed by atoms with van der Waals surface area (Å²) in [4.78, 5) is 21.7. The molecule has 2 aromatic rings. The molecule has 0 spiro atoms. The van der Waals surface area contributed by atoms with E-state index in [1.807, 2.05) is 25.7 Å². The highest BCUT2D eigenvalue weighted by Gasteiger charge is 2.26. The number of nitrogens with zero attached hydrogens (tertiary/aromatic N) is 2. The zero-order valence-corrected chi connectivity index (χ0v) is 15.2. The molecule has 7 heteroatoms. The second-order valence-electron chi connectivity index (χ2n) is 7.37. The first kappa shape index (κ1) is 18.0. The number of hydrogen-bond acceptors (Lipinski definition) is 3. The SMILES string of the molecule is CC(C)(C)c1nc2c(c(=O)[nH]1)CCN(Cc1c(F)ccc(F)c1Cl)C2. The third-order valence-electron chi connectivity index (χ3n) is 4.38. The summed E-state index contributed by atoms with van der Waals surface area (Å²) in [5.74, 6) is -0.556. The number of aromatic amines is 1. The van der Waals surface area contributed by atoms with E-state index >= 15 is 0 Å². The van der Waals surface area contributed by atoms with Crippen LogP contribution >= 0.6 is 11.6 Å². The molecule has 2 heterocycles. The van der Waals surface area contributed by atoms with Crippen LogP contribution in [0.15, 0.2) is 16.9 Å². The van der Waals surface area contributed by atoms with Gasteiger partial charge in [-0.2, -0.15) is 0 Å². The van der Waals surface area contributed by atoms with Crippen LogP contribution in [-0.4, -0.2) is 21.4 Å². The van der Waals surface area contributed by atoms with E-state index in [-0.39, 0.29) is 28.1 Å². The van der Waals surface area contributed by atoms with E-state index in [4.69, 9.17) is 11.6 Å². The molecular weight excluding hydrogens is 348 g/mol. The van der Waals surface area contributed by atoms with Crippen molar-refractivity contribution in [2.24, 2.45) is 0 Å². The molecule has 1 aromatic carbocycles. The predicted octanol–water partition coefficient (Wildman–Crippen LogP) is 3.56. The van der Waals surface area contributed by atoms with Gasteiger partial charge in [0.25, 0.3) is 5.56 Å². The van der Waals surface area contributed by atoms with E-state index in [2.05, 4.69) is 9.97 Å². The van der Waals surface area contributed by atoms with E-state index in [0.717, 1.165) is 12.1 Å². The van der Waals surface area contributed by atoms with Gasteiger partial charge in [-0.25, -0.2) is 13.8 Å². The molecule has 25 heavy (non-hydrogen) atoms. The number of H-pyrrole nitrogens is 1. The number of fused-ring (bicyclic) bond motifs is 1. The van der Waals surface area contributed by atoms with Crippen LogP contribution in [0.1, 0.15) is 43.4 Å². The second kappa shape index (κ2) is 6.50. The van der Waals surface area contributed by atoms with Crippen LogP contribution in [0.3, 0.4) is 0 Å². The fourth-order valence-electron chi connectivity index (χ4n) is 2.92. The lowest BCUT2D eigenvalue weighted by Crippen LogP contribution is -2.37. The molecule has 0 fully saturated rings. The maximum absolute atomic E-state index is 14.0. The summed E-state index contributed by atoms with van der Waals surface area (Å²) in [5, 5.41) is -0.194. The number of nitrogens with one attached hydrogen (secondary N) is 1. The Bertz CT molecular complexity index is 874. The zero-order chi connectivity index (χ0) is 18.4. The highest BCUT2D eigenvalue weighted by molar-refractivity contribution is 6.31. The zero-order valence-electron chi connectivity index (χ0n) is 14.4. The molecule has 0 bridgehead atoms. The van der Waals surface area contributed by atoms with Crippen molar-refractivity contribution in [1.82, 2.24) is 14.9 Å². The van der Waals surface area contributed by atoms with E-state index in [9.17, 15) is 13.6 Å². The minimum atomic E-state index is -0.639. The minimum Gasteiger partial charge on any atom is -0.310 e. The number of rotatable bonds is 2. The maximum atomic E-state index is 14.0. The summed E-state index contributed by atoms with van der Waals surface area (Å²) in [5.41, 5.74) is 1.08. The molecule has 0 amide bonds. The van der Waals surface area contributed by atoms with E-state index in [1.54, 1.807) is 0 Å². The maximum Gasteiger partial charge on any atom is 0.254 e. The molecule has 4 nitrogen and oxygen atoms in total. The summed E-state index contributed by atoms with van der Waals surface area (Å²) >= 11 is 5.92. The molecule has 1 aliphatic heterocycles. The van der Waals surface area contributed by atoms with Crippen molar-refractivity contribution < 1.29 is 8.78 Å². The Balaban J connectivity index is 1.90. The Morgan fingerprint density at radius 1 is 1.28 bits per heavy atom. The summed E-state index contributed by atoms with van der Waals surface area (Å²) in [6.45, 7) is 7.04. The smallest absolute Gasteiger partial charge is 0.254 e. The van der Waals surface area contributed by atoms with Crippen LogP contribution < -0.4 is 5.56 Å². The summed E-state index contributed by atoms with van der Waals surface area (Å²) < 4.78 is 27.6. The van der Waals surface area contributed by atoms with Crippen molar-refractivity contribution in [2.75, 3.05) is 6.54 Å². The van der Waals surface area contributed by atoms with Crippen LogP contribution in [0.5, 0.6) is 0 Å². The normalized spacial score (nSPS) is 15.3. The fraction of sp³-hybridized carbons (Fsp3) is 0.444. The first-order chi connectivity index (χ1) is 11.7. The lowest BCUT2D eigenvalue weighted by atomic mass is 9.95. The molecule has 0 aliphatic carbocycles. The molecule has 0 saturated carbocycles. The standard InChI is InChI=1S/C18H20ClF2N3O/c1-18(2,3)17-22-14-9-24(7-6-10(14)16(25)23-17)8-11-12(20)4-5-13(21)15(11)19/h4-5H,6-9H2,1-3H3,(H,22,23,25). The second-order valence-corrected chi connectivity index (χ2v) is 7.75. The van der Waals surface area contributed by atoms with Crippen molar-refractivity contribution in [1.29, 1.82) is 0 Å². The third kappa shape index (κ3) is 3.60. The van der Waals surface area contributed by atoms with Crippen LogP contribution in [0.2, 0.25) is 5.02 Å². The molecule has 1 N–H and O–H groups in total. The number of aromatic nitrogens is 2. The van der Waals surface area contributed by atoms with E-state index in [0.29, 0.717) is 36.6 Å². The molecule has 0 atom stereocenters. The summed E-state index contributed by atoms with van der Waals surface area (Å²) in [6, 6.07) is 2.10. The average Bonchev–Trinajstić information content (AvgIpc) is 2.54. The lowest BCUT2D eigenvalue weighted by molar-refractivity contribution is 0.236. The van der Waals surface area contributed by atoms with E-state index < -0.39 is 11.6 Å². The Morgan fingerprint density at radius 3 is 2.64 bits per heavy atom. The van der Waals surface area contributed by atoms with Gasteiger partial charge in [0.1, 0.15) is 17.5 Å². The summed E-state index contributed by atoms with van der Waals surface area (Å²) in [6.07, 6.45) is 0.511. The topological polar surface area (TPSA) is 49.0 Å². The number of halogens is 3. The van der Waals surface area contributed by atoms with Crippen molar-refractivity contribution in [2.45, 2.75) is 45.7 Å². The van der Waals surface area contributed by atoms with Gasteiger partial charge >= 0.3 is 0 Å². The number of hydrogen-bond donors (Lipinski definition) is 1. The largest absolute Gasteiger partial charge is 0.310 e. The van der Waals surface area contributed by atoms with Gasteiger partial charge in [0.2, 0.25) is 0 Å². The molecule has 0 unspecified atom stereocenters. The molecule has 0 radical (unpaired) electrons. The Hall–Kier alpha value is -1.79. The van der Waals surface area contributed by atoms with Crippen LogP contribution in [-0.2, 0) is 24.9 Å². The average molecular weight is 368 g/mol. The summed E-state index contributed by atoms with van der Waals surface area (Å²) in [7, 11) is 0. The van der Waals surface area contributed by atoms with Gasteiger partial charge in [-0.3, -0.25) is 9.69 Å². The molecule has 1 aromatic heterocycles. The molecule has 1 aliphatic rings. The van der Waals surface area contributed by atoms with Crippen LogP contribution in [0, 0.1) is 11.6 Å². The Labute approximate surface area is 149 Å². The molecule has 0 saturated heterocycles. The van der Waals surface area contributed by atoms with Crippen molar-refractivity contribution >= 4 is 11.6 Å².